The van der Waals surface area contributed by atoms with Crippen LogP contribution in [0.25, 0.3) is 0 Å². The van der Waals surface area contributed by atoms with Crippen molar-refractivity contribution in [2.75, 3.05) is 13.1 Å². The van der Waals surface area contributed by atoms with Gasteiger partial charge in [-0.1, -0.05) is 6.92 Å². The van der Waals surface area contributed by atoms with Gasteiger partial charge in [-0.05, 0) is 44.7 Å². The molecule has 3 nitrogen and oxygen atoms in total. The van der Waals surface area contributed by atoms with Gasteiger partial charge in [-0.3, -0.25) is 4.79 Å². The molecule has 0 heterocycles. The third-order valence-corrected chi connectivity index (χ3v) is 2.08. The minimum absolute atomic E-state index is 0.109. The van der Waals surface area contributed by atoms with Crippen LogP contribution in [0.15, 0.2) is 24.3 Å². The van der Waals surface area contributed by atoms with Crippen LogP contribution < -0.4 is 10.1 Å². The van der Waals surface area contributed by atoms with Gasteiger partial charge < -0.3 is 10.1 Å². The lowest BCUT2D eigenvalue weighted by molar-refractivity contribution is 0.0991. The Balaban J connectivity index is 2.60. The van der Waals surface area contributed by atoms with Crippen molar-refractivity contribution in [2.24, 2.45) is 0 Å². The van der Waals surface area contributed by atoms with E-state index in [0.29, 0.717) is 6.54 Å². The number of ketones is 1. The lowest BCUT2D eigenvalue weighted by Crippen LogP contribution is -2.22. The third-order valence-electron chi connectivity index (χ3n) is 2.08. The van der Waals surface area contributed by atoms with Gasteiger partial charge in [-0.15, -0.1) is 0 Å². The van der Waals surface area contributed by atoms with Crippen LogP contribution in [0.5, 0.6) is 5.75 Å². The van der Waals surface area contributed by atoms with Crippen LogP contribution >= 0.6 is 0 Å². The average molecular weight is 221 g/mol. The molecule has 88 valence electrons. The predicted octanol–water partition coefficient (Wildman–Crippen LogP) is 2.27. The van der Waals surface area contributed by atoms with E-state index in [2.05, 4.69) is 5.32 Å². The molecule has 1 aromatic rings. The van der Waals surface area contributed by atoms with Gasteiger partial charge in [-0.2, -0.15) is 0 Å². The molecule has 0 saturated heterocycles. The maximum absolute atomic E-state index is 11.6. The van der Waals surface area contributed by atoms with Gasteiger partial charge in [-0.25, -0.2) is 0 Å². The summed E-state index contributed by atoms with van der Waals surface area (Å²) in [6.07, 6.45) is 0.156. The van der Waals surface area contributed by atoms with Crippen LogP contribution in [0.3, 0.4) is 0 Å². The van der Waals surface area contributed by atoms with Crippen LogP contribution in [0.2, 0.25) is 0 Å². The van der Waals surface area contributed by atoms with Gasteiger partial charge >= 0.3 is 0 Å². The van der Waals surface area contributed by atoms with Gasteiger partial charge in [0.25, 0.3) is 0 Å². The highest BCUT2D eigenvalue weighted by Crippen LogP contribution is 2.13. The van der Waals surface area contributed by atoms with Crippen molar-refractivity contribution in [3.8, 4) is 5.75 Å². The molecule has 0 aromatic heterocycles. The Kier molecular flexibility index (Phi) is 4.99. The van der Waals surface area contributed by atoms with Crippen molar-refractivity contribution in [2.45, 2.75) is 26.9 Å². The molecule has 1 N–H and O–H groups in total. The molecule has 1 rings (SSSR count). The average Bonchev–Trinajstić information content (AvgIpc) is 2.26. The molecule has 0 unspecified atom stereocenters. The first-order valence-corrected chi connectivity index (χ1v) is 5.64. The topological polar surface area (TPSA) is 38.3 Å². The highest BCUT2D eigenvalue weighted by atomic mass is 16.5. The van der Waals surface area contributed by atoms with E-state index in [1.54, 1.807) is 12.1 Å². The van der Waals surface area contributed by atoms with Gasteiger partial charge in [0.2, 0.25) is 0 Å². The molecule has 16 heavy (non-hydrogen) atoms. The number of carbonyl (C=O) groups excluding carboxylic acids is 1. The molecular formula is C13H19NO2. The van der Waals surface area contributed by atoms with E-state index >= 15 is 0 Å². The second-order valence-corrected chi connectivity index (χ2v) is 3.89. The molecule has 3 heteroatoms. The summed E-state index contributed by atoms with van der Waals surface area (Å²) in [4.78, 5) is 11.6. The summed E-state index contributed by atoms with van der Waals surface area (Å²) in [5.74, 6) is 0.910. The summed E-state index contributed by atoms with van der Waals surface area (Å²) >= 11 is 0. The molecule has 0 aliphatic rings. The molecule has 0 bridgehead atoms. The van der Waals surface area contributed by atoms with Crippen molar-refractivity contribution in [1.82, 2.24) is 5.32 Å². The summed E-state index contributed by atoms with van der Waals surface area (Å²) in [6, 6.07) is 7.27. The fourth-order valence-corrected chi connectivity index (χ4v) is 1.33. The van der Waals surface area contributed by atoms with E-state index in [4.69, 9.17) is 4.74 Å². The fourth-order valence-electron chi connectivity index (χ4n) is 1.33. The van der Waals surface area contributed by atoms with Gasteiger partial charge in [0.05, 0.1) is 12.6 Å². The van der Waals surface area contributed by atoms with E-state index in [1.807, 2.05) is 32.9 Å². The number of hydrogen-bond acceptors (Lipinski definition) is 3. The van der Waals surface area contributed by atoms with Crippen molar-refractivity contribution < 1.29 is 9.53 Å². The summed E-state index contributed by atoms with van der Waals surface area (Å²) in [5.41, 5.74) is 0.719. The molecule has 0 fully saturated rings. The molecule has 0 spiro atoms. The minimum Gasteiger partial charge on any atom is -0.491 e. The summed E-state index contributed by atoms with van der Waals surface area (Å²) in [6.45, 7) is 7.13. The van der Waals surface area contributed by atoms with Gasteiger partial charge in [0, 0.05) is 5.56 Å². The first-order valence-electron chi connectivity index (χ1n) is 5.64. The molecule has 0 aliphatic carbocycles. The lowest BCUT2D eigenvalue weighted by Gasteiger charge is -2.09. The Hall–Kier alpha value is -1.35. The van der Waals surface area contributed by atoms with Crippen LogP contribution in [-0.4, -0.2) is 25.0 Å². The lowest BCUT2D eigenvalue weighted by atomic mass is 10.1. The number of likely N-dealkylation sites (N-methyl/N-ethyl adjacent to an activating group) is 1. The monoisotopic (exact) mass is 221 g/mol. The highest BCUT2D eigenvalue weighted by Gasteiger charge is 2.05. The van der Waals surface area contributed by atoms with Crippen LogP contribution in [0, 0.1) is 0 Å². The summed E-state index contributed by atoms with van der Waals surface area (Å²) in [5, 5.41) is 3.01. The summed E-state index contributed by atoms with van der Waals surface area (Å²) < 4.78 is 5.50. The van der Waals surface area contributed by atoms with E-state index in [9.17, 15) is 4.79 Å². The Morgan fingerprint density at radius 3 is 2.44 bits per heavy atom. The van der Waals surface area contributed by atoms with E-state index in [-0.39, 0.29) is 11.9 Å². The Morgan fingerprint density at radius 1 is 1.31 bits per heavy atom. The third kappa shape index (κ3) is 4.03. The zero-order chi connectivity index (χ0) is 12.0. The Bertz CT molecular complexity index is 330. The normalized spacial score (nSPS) is 10.5. The van der Waals surface area contributed by atoms with E-state index in [1.165, 1.54) is 0 Å². The van der Waals surface area contributed by atoms with Crippen LogP contribution in [0.1, 0.15) is 31.1 Å². The maximum Gasteiger partial charge on any atom is 0.176 e. The molecule has 0 aliphatic heterocycles. The smallest absolute Gasteiger partial charge is 0.176 e. The second kappa shape index (κ2) is 6.28. The Labute approximate surface area is 96.8 Å². The molecule has 0 amide bonds. The molecule has 0 atom stereocenters. The quantitative estimate of drug-likeness (QED) is 0.749. The maximum atomic E-state index is 11.6. The second-order valence-electron chi connectivity index (χ2n) is 3.89. The van der Waals surface area contributed by atoms with Crippen molar-refractivity contribution in [1.29, 1.82) is 0 Å². The predicted molar refractivity (Wildman–Crippen MR) is 65.1 cm³/mol. The number of hydrogen-bond donors (Lipinski definition) is 1. The van der Waals surface area contributed by atoms with Crippen molar-refractivity contribution in [3.63, 3.8) is 0 Å². The largest absolute Gasteiger partial charge is 0.491 e. The Morgan fingerprint density at radius 2 is 1.94 bits per heavy atom. The van der Waals surface area contributed by atoms with E-state index < -0.39 is 0 Å². The van der Waals surface area contributed by atoms with Crippen molar-refractivity contribution >= 4 is 5.78 Å². The molecule has 0 radical (unpaired) electrons. The number of benzene rings is 1. The van der Waals surface area contributed by atoms with Crippen LogP contribution in [-0.2, 0) is 0 Å². The van der Waals surface area contributed by atoms with E-state index in [0.717, 1.165) is 17.9 Å². The zero-order valence-electron chi connectivity index (χ0n) is 10.1. The zero-order valence-corrected chi connectivity index (χ0v) is 10.1. The number of nitrogens with one attached hydrogen (secondary N) is 1. The number of carbonyl (C=O) groups is 1. The van der Waals surface area contributed by atoms with Gasteiger partial charge in [0.15, 0.2) is 5.78 Å². The number of Topliss-reactive ketones (excluding diaryl/α,β-unsaturated/α-hetero) is 1. The molecule has 1 aromatic carbocycles. The van der Waals surface area contributed by atoms with Crippen molar-refractivity contribution in [3.05, 3.63) is 29.8 Å². The first-order chi connectivity index (χ1) is 7.63. The number of ether oxygens (including phenoxy) is 1. The molecular weight excluding hydrogens is 202 g/mol. The first kappa shape index (κ1) is 12.7. The summed E-state index contributed by atoms with van der Waals surface area (Å²) in [7, 11) is 0. The fraction of sp³-hybridized carbons (Fsp3) is 0.462. The standard InChI is InChI=1S/C13H19NO2/c1-4-14-9-13(15)11-5-7-12(8-6-11)16-10(2)3/h5-8,10,14H,4,9H2,1-3H3. The SMILES string of the molecule is CCNCC(=O)c1ccc(OC(C)C)cc1. The highest BCUT2D eigenvalue weighted by molar-refractivity contribution is 5.97. The van der Waals surface area contributed by atoms with Gasteiger partial charge in [0.1, 0.15) is 5.75 Å². The number of rotatable bonds is 6. The minimum atomic E-state index is 0.109. The molecule has 0 saturated carbocycles. The van der Waals surface area contributed by atoms with Crippen LogP contribution in [0.4, 0.5) is 0 Å².